The minimum Gasteiger partial charge on any atom is -0.504 e. The summed E-state index contributed by atoms with van der Waals surface area (Å²) in [4.78, 5) is 3.92. The van der Waals surface area contributed by atoms with Crippen LogP contribution in [0.4, 0.5) is 17.6 Å². The molecule has 0 saturated heterocycles. The lowest BCUT2D eigenvalue weighted by atomic mass is 10.1. The summed E-state index contributed by atoms with van der Waals surface area (Å²) in [5, 5.41) is 9.49. The Kier molecular flexibility index (Phi) is 2.63. The number of hydrogen-bond donors (Lipinski definition) is 1. The zero-order valence-corrected chi connectivity index (χ0v) is 9.74. The van der Waals surface area contributed by atoms with E-state index in [4.69, 9.17) is 0 Å². The summed E-state index contributed by atoms with van der Waals surface area (Å²) < 4.78 is 54.7. The Morgan fingerprint density at radius 3 is 2.35 bits per heavy atom. The minimum atomic E-state index is -2.06. The van der Waals surface area contributed by atoms with E-state index in [0.717, 1.165) is 0 Å². The highest BCUT2D eigenvalue weighted by Gasteiger charge is 2.27. The highest BCUT2D eigenvalue weighted by molar-refractivity contribution is 5.70. The van der Waals surface area contributed by atoms with E-state index in [2.05, 4.69) is 4.98 Å². The monoisotopic (exact) mass is 282 g/mol. The summed E-state index contributed by atoms with van der Waals surface area (Å²) in [6.07, 6.45) is 2.85. The van der Waals surface area contributed by atoms with E-state index in [1.165, 1.54) is 10.6 Å². The fourth-order valence-corrected chi connectivity index (χ4v) is 1.91. The van der Waals surface area contributed by atoms with Crippen molar-refractivity contribution in [2.45, 2.75) is 0 Å². The van der Waals surface area contributed by atoms with Crippen molar-refractivity contribution in [3.63, 3.8) is 0 Å². The van der Waals surface area contributed by atoms with Crippen LogP contribution in [0.3, 0.4) is 0 Å². The summed E-state index contributed by atoms with van der Waals surface area (Å²) in [6, 6.07) is 4.91. The van der Waals surface area contributed by atoms with E-state index in [0.29, 0.717) is 5.65 Å². The van der Waals surface area contributed by atoms with E-state index in [-0.39, 0.29) is 5.69 Å². The quantitative estimate of drug-likeness (QED) is 0.422. The van der Waals surface area contributed by atoms with E-state index < -0.39 is 34.6 Å². The second-order valence-corrected chi connectivity index (χ2v) is 4.07. The predicted octanol–water partition coefficient (Wildman–Crippen LogP) is 3.26. The molecule has 0 unspecified atom stereocenters. The summed E-state index contributed by atoms with van der Waals surface area (Å²) in [6.45, 7) is 0. The number of benzene rings is 1. The summed E-state index contributed by atoms with van der Waals surface area (Å²) >= 11 is 0. The first-order valence-corrected chi connectivity index (χ1v) is 5.49. The summed E-state index contributed by atoms with van der Waals surface area (Å²) in [5.74, 6) is -8.91. The fourth-order valence-electron chi connectivity index (χ4n) is 1.91. The van der Waals surface area contributed by atoms with Crippen LogP contribution in [0, 0.1) is 23.3 Å². The van der Waals surface area contributed by atoms with E-state index in [9.17, 15) is 22.7 Å². The van der Waals surface area contributed by atoms with Crippen LogP contribution in [-0.2, 0) is 0 Å². The van der Waals surface area contributed by atoms with Crippen LogP contribution in [-0.4, -0.2) is 14.5 Å². The van der Waals surface area contributed by atoms with Crippen molar-refractivity contribution in [1.29, 1.82) is 0 Å². The molecule has 1 N–H and O–H groups in total. The first kappa shape index (κ1) is 12.5. The van der Waals surface area contributed by atoms with Gasteiger partial charge >= 0.3 is 0 Å². The van der Waals surface area contributed by atoms with E-state index in [1.54, 1.807) is 24.4 Å². The van der Waals surface area contributed by atoms with Gasteiger partial charge < -0.3 is 9.51 Å². The molecule has 0 spiro atoms. The standard InChI is InChI=1S/C13H6F4N2O/c14-9-8(13(20)12(17)11(16)10(9)15)6-5-19-4-2-1-3-7(19)18-6/h1-5,20H. The Hall–Kier alpha value is -2.57. The van der Waals surface area contributed by atoms with Crippen molar-refractivity contribution < 1.29 is 22.7 Å². The number of imidazole rings is 1. The van der Waals surface area contributed by atoms with Crippen LogP contribution < -0.4 is 0 Å². The molecule has 2 heterocycles. The number of halogens is 4. The third-order valence-electron chi connectivity index (χ3n) is 2.86. The molecule has 0 atom stereocenters. The minimum absolute atomic E-state index is 0.205. The van der Waals surface area contributed by atoms with Crippen LogP contribution in [0.15, 0.2) is 30.6 Å². The molecule has 102 valence electrons. The van der Waals surface area contributed by atoms with Crippen molar-refractivity contribution in [2.24, 2.45) is 0 Å². The predicted molar refractivity (Wildman–Crippen MR) is 62.1 cm³/mol. The molecule has 3 rings (SSSR count). The Balaban J connectivity index is 2.34. The number of rotatable bonds is 1. The third-order valence-corrected chi connectivity index (χ3v) is 2.86. The average molecular weight is 282 g/mol. The van der Waals surface area contributed by atoms with E-state index >= 15 is 0 Å². The molecule has 0 aliphatic carbocycles. The number of pyridine rings is 1. The Morgan fingerprint density at radius 2 is 1.65 bits per heavy atom. The number of nitrogens with zero attached hydrogens (tertiary/aromatic N) is 2. The van der Waals surface area contributed by atoms with Gasteiger partial charge in [0, 0.05) is 12.4 Å². The van der Waals surface area contributed by atoms with Crippen molar-refractivity contribution in [3.8, 4) is 17.0 Å². The lowest BCUT2D eigenvalue weighted by Crippen LogP contribution is -2.00. The van der Waals surface area contributed by atoms with Crippen molar-refractivity contribution in [2.75, 3.05) is 0 Å². The average Bonchev–Trinajstić information content (AvgIpc) is 2.86. The Labute approximate surface area is 109 Å². The SMILES string of the molecule is Oc1c(F)c(F)c(F)c(F)c1-c1cn2ccccc2n1. The van der Waals surface area contributed by atoms with Gasteiger partial charge in [-0.05, 0) is 12.1 Å². The maximum atomic E-state index is 13.7. The molecule has 3 aromatic rings. The zero-order chi connectivity index (χ0) is 14.4. The van der Waals surface area contributed by atoms with Gasteiger partial charge in [0.05, 0.1) is 11.3 Å². The molecule has 0 amide bonds. The van der Waals surface area contributed by atoms with Gasteiger partial charge in [0.2, 0.25) is 11.6 Å². The number of fused-ring (bicyclic) bond motifs is 1. The molecule has 7 heteroatoms. The topological polar surface area (TPSA) is 37.5 Å². The molecule has 20 heavy (non-hydrogen) atoms. The van der Waals surface area contributed by atoms with Gasteiger partial charge in [0.25, 0.3) is 0 Å². The number of hydrogen-bond acceptors (Lipinski definition) is 2. The van der Waals surface area contributed by atoms with Crippen molar-refractivity contribution in [3.05, 3.63) is 53.9 Å². The molecule has 0 fully saturated rings. The van der Waals surface area contributed by atoms with Gasteiger partial charge in [-0.25, -0.2) is 18.2 Å². The smallest absolute Gasteiger partial charge is 0.204 e. The van der Waals surface area contributed by atoms with Gasteiger partial charge in [0.15, 0.2) is 17.4 Å². The third kappa shape index (κ3) is 1.63. The molecule has 0 bridgehead atoms. The number of aromatic nitrogens is 2. The molecular weight excluding hydrogens is 276 g/mol. The molecule has 0 radical (unpaired) electrons. The fraction of sp³-hybridized carbons (Fsp3) is 0. The number of phenols is 1. The molecular formula is C13H6F4N2O. The lowest BCUT2D eigenvalue weighted by Gasteiger charge is -2.06. The van der Waals surface area contributed by atoms with Gasteiger partial charge in [-0.15, -0.1) is 0 Å². The van der Waals surface area contributed by atoms with Crippen LogP contribution >= 0.6 is 0 Å². The molecule has 0 saturated carbocycles. The highest BCUT2D eigenvalue weighted by Crippen LogP contribution is 2.36. The first-order valence-electron chi connectivity index (χ1n) is 5.49. The molecule has 3 nitrogen and oxygen atoms in total. The summed E-state index contributed by atoms with van der Waals surface area (Å²) in [7, 11) is 0. The van der Waals surface area contributed by atoms with Crippen LogP contribution in [0.2, 0.25) is 0 Å². The normalized spacial score (nSPS) is 11.2. The van der Waals surface area contributed by atoms with Crippen LogP contribution in [0.1, 0.15) is 0 Å². The highest BCUT2D eigenvalue weighted by atomic mass is 19.2. The molecule has 0 aliphatic heterocycles. The molecule has 2 aromatic heterocycles. The molecule has 0 aliphatic rings. The maximum absolute atomic E-state index is 13.7. The molecule has 1 aromatic carbocycles. The number of phenolic OH excluding ortho intramolecular Hbond substituents is 1. The van der Waals surface area contributed by atoms with Crippen LogP contribution in [0.5, 0.6) is 5.75 Å². The second-order valence-electron chi connectivity index (χ2n) is 4.07. The van der Waals surface area contributed by atoms with Gasteiger partial charge in [-0.2, -0.15) is 4.39 Å². The lowest BCUT2D eigenvalue weighted by molar-refractivity contribution is 0.367. The zero-order valence-electron chi connectivity index (χ0n) is 9.74. The van der Waals surface area contributed by atoms with Crippen molar-refractivity contribution in [1.82, 2.24) is 9.38 Å². The van der Waals surface area contributed by atoms with E-state index in [1.807, 2.05) is 0 Å². The van der Waals surface area contributed by atoms with Gasteiger partial charge in [0.1, 0.15) is 5.65 Å². The first-order chi connectivity index (χ1) is 9.50. The maximum Gasteiger partial charge on any atom is 0.204 e. The largest absolute Gasteiger partial charge is 0.504 e. The van der Waals surface area contributed by atoms with Gasteiger partial charge in [-0.1, -0.05) is 6.07 Å². The van der Waals surface area contributed by atoms with Crippen LogP contribution in [0.25, 0.3) is 16.9 Å². The Morgan fingerprint density at radius 1 is 0.950 bits per heavy atom. The van der Waals surface area contributed by atoms with Gasteiger partial charge in [-0.3, -0.25) is 0 Å². The van der Waals surface area contributed by atoms with Crippen molar-refractivity contribution >= 4 is 5.65 Å². The number of aromatic hydroxyl groups is 1. The Bertz CT molecular complexity index is 767. The summed E-state index contributed by atoms with van der Waals surface area (Å²) in [5.41, 5.74) is -0.638. The second kappa shape index (κ2) is 4.22.